The van der Waals surface area contributed by atoms with Gasteiger partial charge in [0.25, 0.3) is 0 Å². The summed E-state index contributed by atoms with van der Waals surface area (Å²) in [4.78, 5) is 24.2. The molecule has 0 bridgehead atoms. The van der Waals surface area contributed by atoms with Gasteiger partial charge in [0.2, 0.25) is 0 Å². The molecule has 1 unspecified atom stereocenters. The Kier molecular flexibility index (Phi) is 8.94. The van der Waals surface area contributed by atoms with Crippen LogP contribution < -0.4 is 5.32 Å². The molecule has 1 rings (SSSR count). The lowest BCUT2D eigenvalue weighted by Gasteiger charge is -2.24. The molecule has 0 heterocycles. The smallest absolute Gasteiger partial charge is 0.408 e. The number of carbonyl (C=O) groups is 2. The van der Waals surface area contributed by atoms with Crippen molar-refractivity contribution in [3.05, 3.63) is 35.9 Å². The van der Waals surface area contributed by atoms with Gasteiger partial charge in [-0.3, -0.25) is 0 Å². The molecule has 0 saturated heterocycles. The van der Waals surface area contributed by atoms with Crippen LogP contribution in [0.15, 0.2) is 30.3 Å². The van der Waals surface area contributed by atoms with Gasteiger partial charge in [0.1, 0.15) is 25.0 Å². The summed E-state index contributed by atoms with van der Waals surface area (Å²) >= 11 is 0. The molecule has 1 aromatic carbocycles. The lowest BCUT2D eigenvalue weighted by atomic mass is 10.1. The van der Waals surface area contributed by atoms with E-state index in [9.17, 15) is 9.59 Å². The number of nitrogens with one attached hydrogen (secondary N) is 1. The van der Waals surface area contributed by atoms with E-state index in [-0.39, 0.29) is 26.4 Å². The summed E-state index contributed by atoms with van der Waals surface area (Å²) < 4.78 is 20.4. The number of benzene rings is 1. The van der Waals surface area contributed by atoms with Crippen LogP contribution in [-0.4, -0.2) is 44.2 Å². The third-order valence-electron chi connectivity index (χ3n) is 2.95. The highest BCUT2D eigenvalue weighted by atomic mass is 16.7. The number of ether oxygens (including phenoxy) is 4. The zero-order valence-electron chi connectivity index (χ0n) is 15.2. The average molecular weight is 353 g/mol. The number of hydrogen-bond donors (Lipinski definition) is 1. The predicted molar refractivity (Wildman–Crippen MR) is 91.8 cm³/mol. The van der Waals surface area contributed by atoms with Crippen LogP contribution in [0, 0.1) is 0 Å². The number of amides is 1. The first kappa shape index (κ1) is 20.9. The van der Waals surface area contributed by atoms with Crippen molar-refractivity contribution >= 4 is 12.1 Å². The highest BCUT2D eigenvalue weighted by Gasteiger charge is 2.27. The van der Waals surface area contributed by atoms with Gasteiger partial charge in [-0.2, -0.15) is 0 Å². The van der Waals surface area contributed by atoms with Gasteiger partial charge < -0.3 is 24.3 Å². The molecule has 0 aliphatic heterocycles. The minimum atomic E-state index is -0.862. The van der Waals surface area contributed by atoms with E-state index in [2.05, 4.69) is 5.32 Å². The van der Waals surface area contributed by atoms with Crippen LogP contribution >= 0.6 is 0 Å². The Morgan fingerprint density at radius 3 is 2.44 bits per heavy atom. The van der Waals surface area contributed by atoms with Crippen molar-refractivity contribution < 1.29 is 28.5 Å². The molecular weight excluding hydrogens is 326 g/mol. The Morgan fingerprint density at radius 2 is 1.84 bits per heavy atom. The van der Waals surface area contributed by atoms with Gasteiger partial charge in [-0.25, -0.2) is 9.59 Å². The maximum Gasteiger partial charge on any atom is 0.408 e. The molecular formula is C18H27NO6. The summed E-state index contributed by atoms with van der Waals surface area (Å²) in [5, 5.41) is 2.53. The molecule has 1 aromatic rings. The minimum Gasteiger partial charge on any atom is -0.458 e. The first-order chi connectivity index (χ1) is 11.8. The van der Waals surface area contributed by atoms with Crippen molar-refractivity contribution in [1.82, 2.24) is 5.32 Å². The third kappa shape index (κ3) is 9.69. The predicted octanol–water partition coefficient (Wildman–Crippen LogP) is 2.63. The lowest BCUT2D eigenvalue weighted by Crippen LogP contribution is -2.45. The number of esters is 1. The number of carbonyl (C=O) groups excluding carboxylic acids is 2. The van der Waals surface area contributed by atoms with Crippen molar-refractivity contribution in [2.75, 3.05) is 20.5 Å². The summed E-state index contributed by atoms with van der Waals surface area (Å²) in [6.07, 6.45) is -0.440. The Balaban J connectivity index is 2.54. The fourth-order valence-corrected chi connectivity index (χ4v) is 1.87. The first-order valence-corrected chi connectivity index (χ1v) is 8.08. The number of hydrogen-bond acceptors (Lipinski definition) is 6. The van der Waals surface area contributed by atoms with Crippen LogP contribution in [0.1, 0.15) is 32.8 Å². The maximum atomic E-state index is 12.3. The zero-order chi connectivity index (χ0) is 18.7. The van der Waals surface area contributed by atoms with Crippen molar-refractivity contribution in [2.24, 2.45) is 0 Å². The topological polar surface area (TPSA) is 83.1 Å². The minimum absolute atomic E-state index is 0.111. The summed E-state index contributed by atoms with van der Waals surface area (Å²) in [7, 11) is 1.50. The van der Waals surface area contributed by atoms with Crippen LogP contribution in [0.5, 0.6) is 0 Å². The lowest BCUT2D eigenvalue weighted by molar-refractivity contribution is -0.158. The van der Waals surface area contributed by atoms with Crippen molar-refractivity contribution in [3.8, 4) is 0 Å². The molecule has 0 fully saturated rings. The molecule has 0 aliphatic rings. The van der Waals surface area contributed by atoms with Gasteiger partial charge in [0.15, 0.2) is 0 Å². The van der Waals surface area contributed by atoms with Crippen LogP contribution in [-0.2, 0) is 30.3 Å². The quantitative estimate of drug-likeness (QED) is 0.417. The fourth-order valence-electron chi connectivity index (χ4n) is 1.87. The molecule has 0 aromatic heterocycles. The second-order valence-corrected chi connectivity index (χ2v) is 6.40. The Hall–Kier alpha value is -2.12. The van der Waals surface area contributed by atoms with Crippen LogP contribution in [0.25, 0.3) is 0 Å². The highest BCUT2D eigenvalue weighted by molar-refractivity contribution is 5.81. The van der Waals surface area contributed by atoms with Gasteiger partial charge >= 0.3 is 12.1 Å². The van der Waals surface area contributed by atoms with Crippen LogP contribution in [0.2, 0.25) is 0 Å². The van der Waals surface area contributed by atoms with E-state index < -0.39 is 23.7 Å². The molecule has 0 radical (unpaired) electrons. The Bertz CT molecular complexity index is 526. The average Bonchev–Trinajstić information content (AvgIpc) is 2.55. The van der Waals surface area contributed by atoms with Crippen LogP contribution in [0.4, 0.5) is 4.79 Å². The van der Waals surface area contributed by atoms with E-state index in [4.69, 9.17) is 18.9 Å². The Morgan fingerprint density at radius 1 is 1.16 bits per heavy atom. The Labute approximate surface area is 148 Å². The van der Waals surface area contributed by atoms with Crippen molar-refractivity contribution in [1.29, 1.82) is 0 Å². The van der Waals surface area contributed by atoms with Gasteiger partial charge in [-0.1, -0.05) is 30.3 Å². The first-order valence-electron chi connectivity index (χ1n) is 8.08. The second kappa shape index (κ2) is 10.7. The molecule has 1 N–H and O–H groups in total. The third-order valence-corrected chi connectivity index (χ3v) is 2.95. The molecule has 140 valence electrons. The molecule has 1 atom stereocenters. The van der Waals surface area contributed by atoms with Gasteiger partial charge in [-0.05, 0) is 26.3 Å². The fraction of sp³-hybridized carbons (Fsp3) is 0.556. The normalized spacial score (nSPS) is 12.3. The summed E-state index contributed by atoms with van der Waals surface area (Å²) in [5.74, 6) is -0.537. The molecule has 1 amide bonds. The van der Waals surface area contributed by atoms with Gasteiger partial charge in [0, 0.05) is 13.5 Å². The SMILES string of the molecule is COCOCCC(NC(=O)OCc1ccccc1)C(=O)OC(C)(C)C. The number of alkyl carbamates (subject to hydrolysis) is 1. The summed E-state index contributed by atoms with van der Waals surface area (Å²) in [5.41, 5.74) is 0.202. The van der Waals surface area contributed by atoms with E-state index in [0.29, 0.717) is 0 Å². The van der Waals surface area contributed by atoms with E-state index >= 15 is 0 Å². The monoisotopic (exact) mass is 353 g/mol. The summed E-state index contributed by atoms with van der Waals surface area (Å²) in [6.45, 7) is 5.75. The number of methoxy groups -OCH3 is 1. The molecule has 7 nitrogen and oxygen atoms in total. The van der Waals surface area contributed by atoms with E-state index in [1.807, 2.05) is 30.3 Å². The molecule has 7 heteroatoms. The molecule has 25 heavy (non-hydrogen) atoms. The van der Waals surface area contributed by atoms with E-state index in [1.54, 1.807) is 20.8 Å². The van der Waals surface area contributed by atoms with Gasteiger partial charge in [-0.15, -0.1) is 0 Å². The molecule has 0 spiro atoms. The standard InChI is InChI=1S/C18H27NO6/c1-18(2,3)25-16(20)15(10-11-23-13-22-4)19-17(21)24-12-14-8-6-5-7-9-14/h5-9,15H,10-13H2,1-4H3,(H,19,21). The van der Waals surface area contributed by atoms with Crippen molar-refractivity contribution in [3.63, 3.8) is 0 Å². The van der Waals surface area contributed by atoms with E-state index in [0.717, 1.165) is 5.56 Å². The van der Waals surface area contributed by atoms with Crippen LogP contribution in [0.3, 0.4) is 0 Å². The van der Waals surface area contributed by atoms with Crippen molar-refractivity contribution in [2.45, 2.75) is 45.4 Å². The second-order valence-electron chi connectivity index (χ2n) is 6.40. The maximum absolute atomic E-state index is 12.3. The molecule has 0 aliphatic carbocycles. The molecule has 0 saturated carbocycles. The zero-order valence-corrected chi connectivity index (χ0v) is 15.2. The highest BCUT2D eigenvalue weighted by Crippen LogP contribution is 2.10. The van der Waals surface area contributed by atoms with E-state index in [1.165, 1.54) is 7.11 Å². The largest absolute Gasteiger partial charge is 0.458 e. The summed E-state index contributed by atoms with van der Waals surface area (Å²) in [6, 6.07) is 8.41. The number of rotatable bonds is 9. The van der Waals surface area contributed by atoms with Gasteiger partial charge in [0.05, 0.1) is 6.61 Å².